The number of anilines is 1. The molecular weight excluding hydrogens is 379 g/mol. The van der Waals surface area contributed by atoms with Crippen LogP contribution in [0.3, 0.4) is 0 Å². The number of aromatic nitrogens is 2. The van der Waals surface area contributed by atoms with Crippen LogP contribution >= 0.6 is 0 Å². The molecule has 0 radical (unpaired) electrons. The third-order valence-corrected chi connectivity index (χ3v) is 3.69. The van der Waals surface area contributed by atoms with Crippen LogP contribution in [0.1, 0.15) is 33.3 Å². The van der Waals surface area contributed by atoms with Crippen molar-refractivity contribution >= 4 is 17.6 Å². The molecule has 0 atom stereocenters. The van der Waals surface area contributed by atoms with E-state index in [-0.39, 0.29) is 12.3 Å². The fraction of sp³-hybridized carbons (Fsp3) is 0.167. The largest absolute Gasteiger partial charge is 0.472 e. The molecule has 0 aliphatic carbocycles. The predicted octanol–water partition coefficient (Wildman–Crippen LogP) is 3.91. The Labute approximate surface area is 156 Å². The van der Waals surface area contributed by atoms with Crippen LogP contribution in [0, 0.1) is 0 Å². The lowest BCUT2D eigenvalue weighted by molar-refractivity contribution is -0.143. The highest BCUT2D eigenvalue weighted by Gasteiger charge is 2.41. The number of benzene rings is 1. The summed E-state index contributed by atoms with van der Waals surface area (Å²) in [4.78, 5) is 23.8. The quantitative estimate of drug-likeness (QED) is 0.664. The van der Waals surface area contributed by atoms with Gasteiger partial charge in [0.2, 0.25) is 0 Å². The number of hydrogen-bond donors (Lipinski definition) is 1. The first-order chi connectivity index (χ1) is 13.3. The fourth-order valence-electron chi connectivity index (χ4n) is 2.46. The highest BCUT2D eigenvalue weighted by Crippen LogP contribution is 2.34. The molecule has 0 spiro atoms. The number of carbonyl (C=O) groups is 2. The average Bonchev–Trinajstić information content (AvgIpc) is 3.32. The summed E-state index contributed by atoms with van der Waals surface area (Å²) in [6.07, 6.45) is -1.41. The van der Waals surface area contributed by atoms with E-state index in [0.29, 0.717) is 15.9 Å². The molecule has 0 bridgehead atoms. The third-order valence-electron chi connectivity index (χ3n) is 3.69. The van der Waals surface area contributed by atoms with E-state index in [1.807, 2.05) is 0 Å². The van der Waals surface area contributed by atoms with Gasteiger partial charge in [-0.1, -0.05) is 0 Å². The summed E-state index contributed by atoms with van der Waals surface area (Å²) in [5.74, 6) is -1.54. The number of amides is 1. The van der Waals surface area contributed by atoms with Crippen molar-refractivity contribution < 1.29 is 31.9 Å². The predicted molar refractivity (Wildman–Crippen MR) is 91.2 cm³/mol. The number of alkyl halides is 3. The van der Waals surface area contributed by atoms with Crippen LogP contribution in [-0.4, -0.2) is 28.3 Å². The monoisotopic (exact) mass is 393 g/mol. The van der Waals surface area contributed by atoms with Crippen LogP contribution in [0.25, 0.3) is 5.69 Å². The Morgan fingerprint density at radius 2 is 1.93 bits per heavy atom. The molecule has 28 heavy (non-hydrogen) atoms. The Kier molecular flexibility index (Phi) is 5.21. The number of ether oxygens (including phenoxy) is 1. The normalized spacial score (nSPS) is 11.3. The van der Waals surface area contributed by atoms with Crippen molar-refractivity contribution in [2.45, 2.75) is 13.1 Å². The zero-order chi connectivity index (χ0) is 20.3. The maximum atomic E-state index is 13.5. The smallest absolute Gasteiger partial charge is 0.434 e. The molecule has 0 aliphatic rings. The van der Waals surface area contributed by atoms with Gasteiger partial charge in [0, 0.05) is 5.69 Å². The molecular formula is C18H14F3N3O4. The van der Waals surface area contributed by atoms with E-state index in [4.69, 9.17) is 4.42 Å². The van der Waals surface area contributed by atoms with Crippen molar-refractivity contribution in [1.29, 1.82) is 0 Å². The Balaban J connectivity index is 1.89. The van der Waals surface area contributed by atoms with E-state index in [2.05, 4.69) is 15.2 Å². The number of halogens is 3. The number of rotatable bonds is 5. The number of furan rings is 1. The first-order valence-corrected chi connectivity index (χ1v) is 8.07. The van der Waals surface area contributed by atoms with E-state index in [1.54, 1.807) is 0 Å². The molecule has 2 aromatic heterocycles. The summed E-state index contributed by atoms with van der Waals surface area (Å²) in [6.45, 7) is 1.43. The van der Waals surface area contributed by atoms with Crippen molar-refractivity contribution in [3.63, 3.8) is 0 Å². The Bertz CT molecular complexity index is 977. The van der Waals surface area contributed by atoms with Gasteiger partial charge in [-0.15, -0.1) is 0 Å². The second-order valence-corrected chi connectivity index (χ2v) is 5.55. The molecule has 0 saturated carbocycles. The lowest BCUT2D eigenvalue weighted by Gasteiger charge is -2.13. The van der Waals surface area contributed by atoms with Gasteiger partial charge in [0.05, 0.1) is 30.3 Å². The fourth-order valence-corrected chi connectivity index (χ4v) is 2.46. The minimum absolute atomic E-state index is 0.0594. The molecule has 3 aromatic rings. The van der Waals surface area contributed by atoms with Gasteiger partial charge in [-0.05, 0) is 37.3 Å². The van der Waals surface area contributed by atoms with Crippen LogP contribution in [0.2, 0.25) is 0 Å². The average molecular weight is 393 g/mol. The van der Waals surface area contributed by atoms with Gasteiger partial charge in [0.15, 0.2) is 5.69 Å². The van der Waals surface area contributed by atoms with Crippen LogP contribution in [0.4, 0.5) is 18.9 Å². The second-order valence-electron chi connectivity index (χ2n) is 5.55. The number of carbonyl (C=O) groups excluding carboxylic acids is 2. The minimum Gasteiger partial charge on any atom is -0.472 e. The Morgan fingerprint density at radius 3 is 2.50 bits per heavy atom. The van der Waals surface area contributed by atoms with Gasteiger partial charge in [0.1, 0.15) is 11.8 Å². The van der Waals surface area contributed by atoms with Crippen LogP contribution in [-0.2, 0) is 10.9 Å². The molecule has 1 N–H and O–H groups in total. The van der Waals surface area contributed by atoms with Crippen molar-refractivity contribution in [3.8, 4) is 5.69 Å². The van der Waals surface area contributed by atoms with Crippen molar-refractivity contribution in [2.75, 3.05) is 11.9 Å². The van der Waals surface area contributed by atoms with E-state index in [9.17, 15) is 22.8 Å². The first-order valence-electron chi connectivity index (χ1n) is 8.07. The lowest BCUT2D eigenvalue weighted by atomic mass is 10.2. The third kappa shape index (κ3) is 3.90. The highest BCUT2D eigenvalue weighted by atomic mass is 19.4. The Hall–Kier alpha value is -3.56. The maximum absolute atomic E-state index is 13.5. The summed E-state index contributed by atoms with van der Waals surface area (Å²) in [7, 11) is 0. The lowest BCUT2D eigenvalue weighted by Crippen LogP contribution is -2.18. The minimum atomic E-state index is -4.83. The molecule has 0 saturated heterocycles. The second kappa shape index (κ2) is 7.59. The standard InChI is InChI=1S/C18H14F3N3O4/c1-2-28-17(26)14-9-22-24(15(14)18(19,20)21)13-5-3-12(4-6-13)23-16(25)11-7-8-27-10-11/h3-10H,2H2,1H3,(H,23,25). The van der Waals surface area contributed by atoms with Gasteiger partial charge in [-0.3, -0.25) is 4.79 Å². The molecule has 3 rings (SSSR count). The zero-order valence-electron chi connectivity index (χ0n) is 14.5. The molecule has 7 nitrogen and oxygen atoms in total. The molecule has 10 heteroatoms. The molecule has 0 fully saturated rings. The molecule has 146 valence electrons. The highest BCUT2D eigenvalue weighted by molar-refractivity contribution is 6.04. The molecule has 1 amide bonds. The number of hydrogen-bond acceptors (Lipinski definition) is 5. The van der Waals surface area contributed by atoms with Gasteiger partial charge >= 0.3 is 12.1 Å². The topological polar surface area (TPSA) is 86.4 Å². The molecule has 0 aliphatic heterocycles. The summed E-state index contributed by atoms with van der Waals surface area (Å²) < 4.78 is 50.6. The SMILES string of the molecule is CCOC(=O)c1cnn(-c2ccc(NC(=O)c3ccoc3)cc2)c1C(F)(F)F. The van der Waals surface area contributed by atoms with Crippen LogP contribution in [0.5, 0.6) is 0 Å². The summed E-state index contributed by atoms with van der Waals surface area (Å²) in [5, 5.41) is 6.27. The van der Waals surface area contributed by atoms with Gasteiger partial charge in [-0.2, -0.15) is 18.3 Å². The molecule has 1 aromatic carbocycles. The summed E-state index contributed by atoms with van der Waals surface area (Å²) in [5.41, 5.74) is -1.19. The van der Waals surface area contributed by atoms with Crippen molar-refractivity contribution in [1.82, 2.24) is 9.78 Å². The summed E-state index contributed by atoms with van der Waals surface area (Å²) >= 11 is 0. The number of esters is 1. The van der Waals surface area contributed by atoms with Gasteiger partial charge in [0.25, 0.3) is 5.91 Å². The summed E-state index contributed by atoms with van der Waals surface area (Å²) in [6, 6.07) is 6.97. The molecule has 0 unspecified atom stereocenters. The van der Waals surface area contributed by atoms with Crippen molar-refractivity contribution in [3.05, 3.63) is 65.9 Å². The Morgan fingerprint density at radius 1 is 1.21 bits per heavy atom. The van der Waals surface area contributed by atoms with Crippen LogP contribution < -0.4 is 5.32 Å². The number of nitrogens with zero attached hydrogens (tertiary/aromatic N) is 2. The van der Waals surface area contributed by atoms with Crippen molar-refractivity contribution in [2.24, 2.45) is 0 Å². The van der Waals surface area contributed by atoms with Gasteiger partial charge in [-0.25, -0.2) is 9.48 Å². The maximum Gasteiger partial charge on any atom is 0.434 e. The molecule has 2 heterocycles. The number of nitrogens with one attached hydrogen (secondary N) is 1. The van der Waals surface area contributed by atoms with E-state index < -0.39 is 29.3 Å². The van der Waals surface area contributed by atoms with E-state index in [1.165, 1.54) is 49.8 Å². The zero-order valence-corrected chi connectivity index (χ0v) is 14.5. The van der Waals surface area contributed by atoms with E-state index >= 15 is 0 Å². The van der Waals surface area contributed by atoms with E-state index in [0.717, 1.165) is 6.20 Å². The van der Waals surface area contributed by atoms with Gasteiger partial charge < -0.3 is 14.5 Å². The van der Waals surface area contributed by atoms with Crippen LogP contribution in [0.15, 0.2) is 53.5 Å². The first kappa shape index (κ1) is 19.2.